The summed E-state index contributed by atoms with van der Waals surface area (Å²) in [5, 5.41) is 0. The molecule has 0 amide bonds. The van der Waals surface area contributed by atoms with Gasteiger partial charge in [0.05, 0.1) is 23.3 Å². The van der Waals surface area contributed by atoms with Gasteiger partial charge in [0.2, 0.25) is 0 Å². The molecule has 2 bridgehead atoms. The van der Waals surface area contributed by atoms with Crippen LogP contribution in [0.3, 0.4) is 0 Å². The van der Waals surface area contributed by atoms with Crippen molar-refractivity contribution in [1.82, 2.24) is 0 Å². The van der Waals surface area contributed by atoms with Crippen molar-refractivity contribution in [2.45, 2.75) is 12.8 Å². The second kappa shape index (κ2) is 7.40. The van der Waals surface area contributed by atoms with Crippen LogP contribution in [0.15, 0.2) is 37.1 Å². The van der Waals surface area contributed by atoms with Crippen molar-refractivity contribution < 1.29 is 28.6 Å². The molecule has 6 nitrogen and oxygen atoms in total. The lowest BCUT2D eigenvalue weighted by Gasteiger charge is -2.09. The van der Waals surface area contributed by atoms with Gasteiger partial charge in [0.1, 0.15) is 13.2 Å². The highest BCUT2D eigenvalue weighted by Crippen LogP contribution is 2.29. The van der Waals surface area contributed by atoms with Crippen LogP contribution in [0.4, 0.5) is 0 Å². The topological polar surface area (TPSA) is 78.9 Å². The normalized spacial score (nSPS) is 16.5. The van der Waals surface area contributed by atoms with Crippen LogP contribution in [-0.4, -0.2) is 31.1 Å². The van der Waals surface area contributed by atoms with E-state index in [9.17, 15) is 14.4 Å². The molecule has 4 rings (SSSR count). The number of hydrogen-bond acceptors (Lipinski definition) is 6. The molecule has 0 spiro atoms. The van der Waals surface area contributed by atoms with Gasteiger partial charge in [-0.25, -0.2) is 9.59 Å². The molecule has 22 heavy (non-hydrogen) atoms. The Bertz CT molecular complexity index is 534. The molecule has 0 N–H and O–H groups in total. The lowest BCUT2D eigenvalue weighted by atomic mass is 10.1. The quantitative estimate of drug-likeness (QED) is 0.473. The lowest BCUT2D eigenvalue weighted by Crippen LogP contribution is -2.16. The van der Waals surface area contributed by atoms with E-state index < -0.39 is 11.9 Å². The Hall–Kier alpha value is -2.63. The van der Waals surface area contributed by atoms with Crippen LogP contribution in [0.2, 0.25) is 0 Å². The number of carbonyl (C=O) groups is 3. The molecule has 0 unspecified atom stereocenters. The Balaban J connectivity index is 0.000000188. The predicted molar refractivity (Wildman–Crippen MR) is 76.0 cm³/mol. The zero-order valence-electron chi connectivity index (χ0n) is 11.9. The summed E-state index contributed by atoms with van der Waals surface area (Å²) in [5.74, 6) is -0.725. The van der Waals surface area contributed by atoms with Gasteiger partial charge in [-0.1, -0.05) is 6.58 Å². The van der Waals surface area contributed by atoms with Crippen LogP contribution in [0.5, 0.6) is 0 Å². The molecular weight excluding hydrogens is 288 g/mol. The second-order valence-electron chi connectivity index (χ2n) is 4.73. The Kier molecular flexibility index (Phi) is 5.30. The maximum atomic E-state index is 11.3. The van der Waals surface area contributed by atoms with Crippen molar-refractivity contribution in [3.8, 4) is 0 Å². The van der Waals surface area contributed by atoms with Crippen molar-refractivity contribution in [2.24, 2.45) is 5.92 Å². The molecule has 1 aromatic carbocycles. The molecule has 0 aromatic heterocycles. The number of fused-ring (bicyclic) bond motifs is 7. The summed E-state index contributed by atoms with van der Waals surface area (Å²) in [6, 6.07) is 6.18. The average molecular weight is 304 g/mol. The Labute approximate surface area is 127 Å². The number of ether oxygens (including phenoxy) is 3. The lowest BCUT2D eigenvalue weighted by molar-refractivity contribution is -0.139. The molecule has 6 heteroatoms. The van der Waals surface area contributed by atoms with Crippen LogP contribution in [0.25, 0.3) is 0 Å². The SMILES string of the molecule is C=COC(=O)C1CC1.O=C1OCCOC(=O)c2ccc1cc2. The highest BCUT2D eigenvalue weighted by atomic mass is 16.6. The van der Waals surface area contributed by atoms with Gasteiger partial charge in [0, 0.05) is 0 Å². The van der Waals surface area contributed by atoms with Crippen molar-refractivity contribution in [3.63, 3.8) is 0 Å². The van der Waals surface area contributed by atoms with Crippen molar-refractivity contribution >= 4 is 17.9 Å². The number of esters is 3. The van der Waals surface area contributed by atoms with Crippen LogP contribution < -0.4 is 0 Å². The average Bonchev–Trinajstić information content (AvgIpc) is 3.37. The van der Waals surface area contributed by atoms with Crippen molar-refractivity contribution in [1.29, 1.82) is 0 Å². The third kappa shape index (κ3) is 4.44. The van der Waals surface area contributed by atoms with E-state index in [-0.39, 0.29) is 25.1 Å². The van der Waals surface area contributed by atoms with Crippen molar-refractivity contribution in [3.05, 3.63) is 48.2 Å². The van der Waals surface area contributed by atoms with Gasteiger partial charge in [-0.15, -0.1) is 0 Å². The second-order valence-corrected chi connectivity index (χ2v) is 4.73. The van der Waals surface area contributed by atoms with E-state index in [0.29, 0.717) is 11.1 Å². The molecule has 1 aromatic rings. The first-order valence-corrected chi connectivity index (χ1v) is 6.87. The maximum Gasteiger partial charge on any atom is 0.338 e. The molecule has 1 aliphatic carbocycles. The summed E-state index contributed by atoms with van der Waals surface area (Å²) in [5.41, 5.74) is 0.895. The summed E-state index contributed by atoms with van der Waals surface area (Å²) in [4.78, 5) is 33.0. The first kappa shape index (κ1) is 15.8. The molecule has 2 heterocycles. The highest BCUT2D eigenvalue weighted by molar-refractivity contribution is 5.93. The number of hydrogen-bond donors (Lipinski definition) is 0. The van der Waals surface area contributed by atoms with E-state index >= 15 is 0 Å². The zero-order valence-corrected chi connectivity index (χ0v) is 11.9. The molecule has 0 atom stereocenters. The fourth-order valence-electron chi connectivity index (χ4n) is 1.68. The molecule has 0 saturated heterocycles. The monoisotopic (exact) mass is 304 g/mol. The van der Waals surface area contributed by atoms with E-state index in [1.165, 1.54) is 6.26 Å². The first-order chi connectivity index (χ1) is 10.6. The van der Waals surface area contributed by atoms with E-state index in [2.05, 4.69) is 11.3 Å². The third-order valence-corrected chi connectivity index (χ3v) is 3.02. The van der Waals surface area contributed by atoms with Gasteiger partial charge in [0.15, 0.2) is 0 Å². The van der Waals surface area contributed by atoms with Gasteiger partial charge in [-0.3, -0.25) is 4.79 Å². The fourth-order valence-corrected chi connectivity index (χ4v) is 1.68. The minimum atomic E-state index is -0.394. The smallest absolute Gasteiger partial charge is 0.338 e. The molecule has 0 radical (unpaired) electrons. The van der Waals surface area contributed by atoms with E-state index in [0.717, 1.165) is 12.8 Å². The standard InChI is InChI=1S/C10H8O4.C6H8O2/c11-9-7-1-2-8(4-3-7)10(12)14-6-5-13-9;1-2-8-6(7)5-3-4-5/h1-4H,5-6H2;2,5H,1,3-4H2. The largest absolute Gasteiger partial charge is 0.458 e. The van der Waals surface area contributed by atoms with Crippen LogP contribution in [0, 0.1) is 5.92 Å². The molecule has 1 fully saturated rings. The van der Waals surface area contributed by atoms with Crippen LogP contribution >= 0.6 is 0 Å². The molecule has 3 aliphatic rings. The van der Waals surface area contributed by atoms with Crippen molar-refractivity contribution in [2.75, 3.05) is 13.2 Å². The van der Waals surface area contributed by atoms with Gasteiger partial charge < -0.3 is 14.2 Å². The number of rotatable bonds is 2. The zero-order chi connectivity index (χ0) is 15.9. The Morgan fingerprint density at radius 2 is 1.50 bits per heavy atom. The Morgan fingerprint density at radius 3 is 1.86 bits per heavy atom. The van der Waals surface area contributed by atoms with Gasteiger partial charge in [-0.05, 0) is 37.1 Å². The molecule has 1 saturated carbocycles. The summed E-state index contributed by atoms with van der Waals surface area (Å²) >= 11 is 0. The molecular formula is C16H16O6. The number of benzene rings is 1. The minimum absolute atomic E-state index is 0.100. The number of carbonyl (C=O) groups excluding carboxylic acids is 3. The van der Waals surface area contributed by atoms with E-state index in [4.69, 9.17) is 9.47 Å². The Morgan fingerprint density at radius 1 is 1.05 bits per heavy atom. The van der Waals surface area contributed by atoms with E-state index in [1.54, 1.807) is 24.3 Å². The maximum absolute atomic E-state index is 11.3. The van der Waals surface area contributed by atoms with Gasteiger partial charge in [-0.2, -0.15) is 0 Å². The molecule has 116 valence electrons. The first-order valence-electron chi connectivity index (χ1n) is 6.87. The highest BCUT2D eigenvalue weighted by Gasteiger charge is 2.30. The van der Waals surface area contributed by atoms with Crippen LogP contribution in [-0.2, 0) is 19.0 Å². The van der Waals surface area contributed by atoms with Crippen LogP contribution in [0.1, 0.15) is 33.6 Å². The fraction of sp³-hybridized carbons (Fsp3) is 0.312. The predicted octanol–water partition coefficient (Wildman–Crippen LogP) is 2.10. The third-order valence-electron chi connectivity index (χ3n) is 3.02. The summed E-state index contributed by atoms with van der Waals surface area (Å²) < 4.78 is 14.2. The van der Waals surface area contributed by atoms with Gasteiger partial charge in [0.25, 0.3) is 0 Å². The minimum Gasteiger partial charge on any atom is -0.458 e. The van der Waals surface area contributed by atoms with Gasteiger partial charge >= 0.3 is 17.9 Å². The summed E-state index contributed by atoms with van der Waals surface area (Å²) in [6.45, 7) is 3.47. The summed E-state index contributed by atoms with van der Waals surface area (Å²) in [6.07, 6.45) is 3.17. The molecule has 2 aliphatic heterocycles. The summed E-state index contributed by atoms with van der Waals surface area (Å²) in [7, 11) is 0. The van der Waals surface area contributed by atoms with E-state index in [1.807, 2.05) is 0 Å².